The Morgan fingerprint density at radius 1 is 1.15 bits per heavy atom. The molecule has 0 spiro atoms. The minimum Gasteiger partial charge on any atom is -0.359 e. The Balaban J connectivity index is 1.40. The van der Waals surface area contributed by atoms with E-state index in [-0.39, 0.29) is 6.04 Å². The van der Waals surface area contributed by atoms with Gasteiger partial charge in [0.15, 0.2) is 0 Å². The first-order chi connectivity index (χ1) is 13.1. The predicted octanol–water partition coefficient (Wildman–Crippen LogP) is 4.37. The Labute approximate surface area is 169 Å². The van der Waals surface area contributed by atoms with Crippen LogP contribution in [0, 0.1) is 0 Å². The van der Waals surface area contributed by atoms with Gasteiger partial charge in [-0.3, -0.25) is 5.10 Å². The van der Waals surface area contributed by atoms with Crippen LogP contribution in [0.1, 0.15) is 5.56 Å². The van der Waals surface area contributed by atoms with Crippen molar-refractivity contribution in [3.8, 4) is 10.6 Å². The molecule has 4 N–H and O–H groups in total. The van der Waals surface area contributed by atoms with Crippen molar-refractivity contribution < 1.29 is 0 Å². The van der Waals surface area contributed by atoms with Crippen LogP contribution >= 0.6 is 34.5 Å². The first-order valence-electron chi connectivity index (χ1n) is 8.29. The minimum atomic E-state index is -0.0461. The Hall–Kier alpha value is -2.19. The topological polar surface area (TPSA) is 92.5 Å². The molecular weight excluding hydrogens is 403 g/mol. The normalized spacial score (nSPS) is 12.4. The molecule has 0 unspecified atom stereocenters. The lowest BCUT2D eigenvalue weighted by Crippen LogP contribution is -2.31. The van der Waals surface area contributed by atoms with Crippen LogP contribution in [0.5, 0.6) is 0 Å². The molecule has 0 saturated heterocycles. The van der Waals surface area contributed by atoms with Crippen molar-refractivity contribution >= 4 is 50.6 Å². The third-order valence-corrected chi connectivity index (χ3v) is 5.58. The summed E-state index contributed by atoms with van der Waals surface area (Å²) >= 11 is 13.7. The van der Waals surface area contributed by atoms with Gasteiger partial charge in [-0.25, -0.2) is 0 Å². The summed E-state index contributed by atoms with van der Waals surface area (Å²) in [5, 5.41) is 22.4. The fraction of sp³-hybridized carbons (Fsp3) is 0.167. The van der Waals surface area contributed by atoms with Crippen molar-refractivity contribution in [2.75, 3.05) is 11.9 Å². The second-order valence-electron chi connectivity index (χ2n) is 6.18. The third kappa shape index (κ3) is 4.22. The summed E-state index contributed by atoms with van der Waals surface area (Å²) in [7, 11) is 0. The molecule has 2 aromatic carbocycles. The SMILES string of the molecule is N[C@@H](CNc1nnc(-c2cc(Cl)c3[nH]ncc3c2)s1)Cc1ccc(Cl)cc1. The Bertz CT molecular complexity index is 1060. The van der Waals surface area contributed by atoms with Gasteiger partial charge >= 0.3 is 0 Å². The number of nitrogens with one attached hydrogen (secondary N) is 2. The van der Waals surface area contributed by atoms with E-state index in [1.807, 2.05) is 36.4 Å². The largest absolute Gasteiger partial charge is 0.359 e. The molecule has 4 aromatic rings. The van der Waals surface area contributed by atoms with Crippen LogP contribution in [-0.4, -0.2) is 33.0 Å². The number of aromatic amines is 1. The number of benzene rings is 2. The summed E-state index contributed by atoms with van der Waals surface area (Å²) in [5.74, 6) is 0. The van der Waals surface area contributed by atoms with Crippen molar-refractivity contribution in [3.63, 3.8) is 0 Å². The zero-order valence-electron chi connectivity index (χ0n) is 14.1. The molecule has 0 aliphatic carbocycles. The van der Waals surface area contributed by atoms with Crippen LogP contribution < -0.4 is 11.1 Å². The van der Waals surface area contributed by atoms with Gasteiger partial charge in [-0.1, -0.05) is 46.7 Å². The lowest BCUT2D eigenvalue weighted by atomic mass is 10.1. The molecule has 2 heterocycles. The number of fused-ring (bicyclic) bond motifs is 1. The van der Waals surface area contributed by atoms with E-state index in [2.05, 4.69) is 25.7 Å². The summed E-state index contributed by atoms with van der Waals surface area (Å²) in [6.07, 6.45) is 2.49. The smallest absolute Gasteiger partial charge is 0.206 e. The number of nitrogens with zero attached hydrogens (tertiary/aromatic N) is 3. The van der Waals surface area contributed by atoms with Gasteiger partial charge in [0.25, 0.3) is 0 Å². The number of hydrogen-bond donors (Lipinski definition) is 3. The monoisotopic (exact) mass is 418 g/mol. The number of nitrogens with two attached hydrogens (primary N) is 1. The maximum atomic E-state index is 6.29. The number of halogens is 2. The molecule has 0 aliphatic rings. The molecular formula is C18H16Cl2N6S. The zero-order valence-corrected chi connectivity index (χ0v) is 16.4. The molecule has 27 heavy (non-hydrogen) atoms. The quantitative estimate of drug-likeness (QED) is 0.432. The van der Waals surface area contributed by atoms with Crippen molar-refractivity contribution in [1.82, 2.24) is 20.4 Å². The Morgan fingerprint density at radius 3 is 2.78 bits per heavy atom. The van der Waals surface area contributed by atoms with Crippen LogP contribution in [0.2, 0.25) is 10.0 Å². The molecule has 0 amide bonds. The lowest BCUT2D eigenvalue weighted by molar-refractivity contribution is 0.698. The zero-order chi connectivity index (χ0) is 18.8. The highest BCUT2D eigenvalue weighted by Gasteiger charge is 2.12. The van der Waals surface area contributed by atoms with E-state index in [1.165, 1.54) is 11.3 Å². The molecule has 2 aromatic heterocycles. The van der Waals surface area contributed by atoms with E-state index >= 15 is 0 Å². The maximum Gasteiger partial charge on any atom is 0.206 e. The van der Waals surface area contributed by atoms with Crippen LogP contribution in [0.25, 0.3) is 21.5 Å². The number of H-pyrrole nitrogens is 1. The van der Waals surface area contributed by atoms with E-state index < -0.39 is 0 Å². The number of aromatic nitrogens is 4. The number of anilines is 1. The van der Waals surface area contributed by atoms with Crippen molar-refractivity contribution in [1.29, 1.82) is 0 Å². The maximum absolute atomic E-state index is 6.29. The van der Waals surface area contributed by atoms with E-state index in [4.69, 9.17) is 28.9 Å². The second-order valence-corrected chi connectivity index (χ2v) is 8.00. The third-order valence-electron chi connectivity index (χ3n) is 4.10. The van der Waals surface area contributed by atoms with E-state index in [1.54, 1.807) is 6.20 Å². The first kappa shape index (κ1) is 18.2. The van der Waals surface area contributed by atoms with Crippen LogP contribution in [-0.2, 0) is 6.42 Å². The number of rotatable bonds is 6. The van der Waals surface area contributed by atoms with Gasteiger partial charge in [0.2, 0.25) is 5.13 Å². The first-order valence-corrected chi connectivity index (χ1v) is 9.86. The minimum absolute atomic E-state index is 0.0461. The molecule has 138 valence electrons. The van der Waals surface area contributed by atoms with Crippen molar-refractivity contribution in [3.05, 3.63) is 58.2 Å². The van der Waals surface area contributed by atoms with Gasteiger partial charge < -0.3 is 11.1 Å². The molecule has 0 bridgehead atoms. The molecule has 9 heteroatoms. The highest BCUT2D eigenvalue weighted by atomic mass is 35.5. The molecule has 1 atom stereocenters. The summed E-state index contributed by atoms with van der Waals surface area (Å²) in [4.78, 5) is 0. The average molecular weight is 419 g/mol. The van der Waals surface area contributed by atoms with Gasteiger partial charge in [0, 0.05) is 28.6 Å². The standard InChI is InChI=1S/C18H16Cl2N6S/c19-13-3-1-10(2-4-13)5-14(21)9-22-18-26-25-17(27-18)11-6-12-8-23-24-16(12)15(20)7-11/h1-4,6-8,14H,5,9,21H2,(H,22,26)(H,23,24)/t14-/m1/s1. The Morgan fingerprint density at radius 2 is 1.96 bits per heavy atom. The van der Waals surface area contributed by atoms with Gasteiger partial charge in [-0.05, 0) is 36.2 Å². The van der Waals surface area contributed by atoms with Crippen LogP contribution in [0.15, 0.2) is 42.6 Å². The van der Waals surface area contributed by atoms with Crippen molar-refractivity contribution in [2.45, 2.75) is 12.5 Å². The van der Waals surface area contributed by atoms with Gasteiger partial charge in [-0.2, -0.15) is 5.10 Å². The van der Waals surface area contributed by atoms with Gasteiger partial charge in [0.05, 0.1) is 16.7 Å². The predicted molar refractivity (Wildman–Crippen MR) is 112 cm³/mol. The molecule has 0 saturated carbocycles. The van der Waals surface area contributed by atoms with Crippen LogP contribution in [0.3, 0.4) is 0 Å². The second kappa shape index (κ2) is 7.82. The van der Waals surface area contributed by atoms with E-state index in [0.29, 0.717) is 11.6 Å². The summed E-state index contributed by atoms with van der Waals surface area (Å²) in [5.41, 5.74) is 9.08. The Kier molecular flexibility index (Phi) is 5.27. The lowest BCUT2D eigenvalue weighted by Gasteiger charge is -2.12. The van der Waals surface area contributed by atoms with Gasteiger partial charge in [0.1, 0.15) is 5.01 Å². The molecule has 0 aliphatic heterocycles. The molecule has 4 rings (SSSR count). The van der Waals surface area contributed by atoms with Gasteiger partial charge in [-0.15, -0.1) is 10.2 Å². The fourth-order valence-electron chi connectivity index (χ4n) is 2.76. The average Bonchev–Trinajstić information content (AvgIpc) is 3.31. The summed E-state index contributed by atoms with van der Waals surface area (Å²) < 4.78 is 0. The highest BCUT2D eigenvalue weighted by Crippen LogP contribution is 2.32. The molecule has 6 nitrogen and oxygen atoms in total. The highest BCUT2D eigenvalue weighted by molar-refractivity contribution is 7.18. The van der Waals surface area contributed by atoms with Crippen molar-refractivity contribution in [2.24, 2.45) is 5.73 Å². The molecule has 0 fully saturated rings. The van der Waals surface area contributed by atoms with Crippen LogP contribution in [0.4, 0.5) is 5.13 Å². The van der Waals surface area contributed by atoms with E-state index in [9.17, 15) is 0 Å². The number of hydrogen-bond acceptors (Lipinski definition) is 6. The fourth-order valence-corrected chi connectivity index (χ4v) is 3.90. The molecule has 0 radical (unpaired) electrons. The van der Waals surface area contributed by atoms with E-state index in [0.717, 1.165) is 43.6 Å². The summed E-state index contributed by atoms with van der Waals surface area (Å²) in [6.45, 7) is 0.596. The summed E-state index contributed by atoms with van der Waals surface area (Å²) in [6, 6.07) is 11.5.